The molecule has 4 rings (SSSR count). The minimum Gasteiger partial charge on any atom is -0.481 e. The number of carbonyl (C=O) groups is 2. The second-order valence-electron chi connectivity index (χ2n) is 8.26. The Morgan fingerprint density at radius 2 is 1.65 bits per heavy atom. The number of fused-ring (bicyclic) bond motifs is 1. The summed E-state index contributed by atoms with van der Waals surface area (Å²) in [6.07, 6.45) is 1.23. The number of rotatable bonds is 8. The second-order valence-corrected chi connectivity index (χ2v) is 8.67. The number of ether oxygens (including phenoxy) is 1. The van der Waals surface area contributed by atoms with E-state index in [-0.39, 0.29) is 12.8 Å². The van der Waals surface area contributed by atoms with Gasteiger partial charge < -0.3 is 25.6 Å². The summed E-state index contributed by atoms with van der Waals surface area (Å²) in [5.74, 6) is -2.32. The molecule has 0 fully saturated rings. The fourth-order valence-corrected chi connectivity index (χ4v) is 3.98. The molecule has 196 valence electrons. The average Bonchev–Trinajstić information content (AvgIpc) is 3.09. The molecule has 0 radical (unpaired) electrons. The van der Waals surface area contributed by atoms with Gasteiger partial charge in [-0.3, -0.25) is 9.59 Å². The first-order valence-electron chi connectivity index (χ1n) is 11.6. The minimum atomic E-state index is -1.08. The van der Waals surface area contributed by atoms with Crippen molar-refractivity contribution in [1.29, 1.82) is 0 Å². The fraction of sp³-hybridized carbons (Fsp3) is 0.259. The Hall–Kier alpha value is -3.69. The van der Waals surface area contributed by atoms with Gasteiger partial charge in [0.1, 0.15) is 23.1 Å². The van der Waals surface area contributed by atoms with Gasteiger partial charge in [-0.2, -0.15) is 0 Å². The highest BCUT2D eigenvalue weighted by Gasteiger charge is 2.15. The van der Waals surface area contributed by atoms with Gasteiger partial charge in [-0.1, -0.05) is 29.8 Å². The maximum Gasteiger partial charge on any atom is 0.303 e. The van der Waals surface area contributed by atoms with E-state index in [1.807, 2.05) is 6.07 Å². The Morgan fingerprint density at radius 1 is 0.946 bits per heavy atom. The molecule has 1 aliphatic heterocycles. The first-order valence-corrected chi connectivity index (χ1v) is 12.0. The lowest BCUT2D eigenvalue weighted by Crippen LogP contribution is -2.16. The molecule has 0 amide bonds. The summed E-state index contributed by atoms with van der Waals surface area (Å²) >= 11 is 6.42. The SMILES string of the molecule is Fc1cccc(Oc2ccc(CNc3c(Cl)ccc4c3CCNCC4)c(F)c2)c1.O=C(O)CCC(=O)O. The second kappa shape index (κ2) is 13.6. The Balaban J connectivity index is 0.000000414. The molecule has 0 aromatic heterocycles. The lowest BCUT2D eigenvalue weighted by atomic mass is 10.0. The average molecular weight is 533 g/mol. The number of halogens is 3. The van der Waals surface area contributed by atoms with E-state index in [4.69, 9.17) is 26.6 Å². The number of carboxylic acids is 2. The molecule has 0 spiro atoms. The zero-order valence-electron chi connectivity index (χ0n) is 19.9. The van der Waals surface area contributed by atoms with Crippen molar-refractivity contribution in [3.05, 3.63) is 87.9 Å². The molecule has 7 nitrogen and oxygen atoms in total. The summed E-state index contributed by atoms with van der Waals surface area (Å²) in [6.45, 7) is 2.13. The van der Waals surface area contributed by atoms with Crippen LogP contribution in [0.25, 0.3) is 0 Å². The van der Waals surface area contributed by atoms with Crippen LogP contribution in [0.15, 0.2) is 54.6 Å². The molecule has 3 aromatic carbocycles. The van der Waals surface area contributed by atoms with Crippen molar-refractivity contribution in [2.75, 3.05) is 18.4 Å². The van der Waals surface area contributed by atoms with E-state index in [1.165, 1.54) is 29.3 Å². The Bertz CT molecular complexity index is 1240. The van der Waals surface area contributed by atoms with Crippen molar-refractivity contribution in [1.82, 2.24) is 5.32 Å². The highest BCUT2D eigenvalue weighted by atomic mass is 35.5. The first kappa shape index (κ1) is 27.9. The van der Waals surface area contributed by atoms with Crippen LogP contribution in [-0.4, -0.2) is 35.2 Å². The molecule has 0 atom stereocenters. The number of anilines is 1. The van der Waals surface area contributed by atoms with Gasteiger partial charge in [-0.05, 0) is 61.3 Å². The molecular formula is C27H27ClF2N2O5. The molecule has 0 bridgehead atoms. The van der Waals surface area contributed by atoms with E-state index >= 15 is 0 Å². The van der Waals surface area contributed by atoms with Crippen LogP contribution in [0.1, 0.15) is 29.5 Å². The number of benzene rings is 3. The van der Waals surface area contributed by atoms with Crippen molar-refractivity contribution in [2.45, 2.75) is 32.2 Å². The zero-order valence-corrected chi connectivity index (χ0v) is 20.7. The van der Waals surface area contributed by atoms with E-state index < -0.39 is 23.6 Å². The Kier molecular flexibility index (Phi) is 10.2. The van der Waals surface area contributed by atoms with Gasteiger partial charge in [0, 0.05) is 24.2 Å². The monoisotopic (exact) mass is 532 g/mol. The van der Waals surface area contributed by atoms with Crippen molar-refractivity contribution in [3.63, 3.8) is 0 Å². The van der Waals surface area contributed by atoms with Crippen LogP contribution in [0.4, 0.5) is 14.5 Å². The van der Waals surface area contributed by atoms with Crippen molar-refractivity contribution < 1.29 is 33.3 Å². The number of carboxylic acid groups (broad SMARTS) is 2. The van der Waals surface area contributed by atoms with Crippen LogP contribution in [0.3, 0.4) is 0 Å². The van der Waals surface area contributed by atoms with Crippen LogP contribution in [0.5, 0.6) is 11.5 Å². The predicted octanol–water partition coefficient (Wildman–Crippen LogP) is 5.65. The molecule has 1 heterocycles. The third-order valence-corrected chi connectivity index (χ3v) is 5.86. The smallest absolute Gasteiger partial charge is 0.303 e. The van der Waals surface area contributed by atoms with Crippen molar-refractivity contribution >= 4 is 29.2 Å². The summed E-state index contributed by atoms with van der Waals surface area (Å²) in [6, 6.07) is 14.3. The molecule has 0 unspecified atom stereocenters. The van der Waals surface area contributed by atoms with Gasteiger partial charge in [0.25, 0.3) is 0 Å². The third-order valence-electron chi connectivity index (χ3n) is 5.55. The quantitative estimate of drug-likeness (QED) is 0.297. The predicted molar refractivity (Wildman–Crippen MR) is 136 cm³/mol. The number of hydrogen-bond acceptors (Lipinski definition) is 5. The maximum atomic E-state index is 14.6. The zero-order chi connectivity index (χ0) is 26.8. The Labute approximate surface area is 218 Å². The van der Waals surface area contributed by atoms with Crippen molar-refractivity contribution in [2.24, 2.45) is 0 Å². The standard InChI is InChI=1S/C23H21ClF2N2O.C4H6O4/c24-21-7-5-15-8-10-27-11-9-20(15)23(21)28-14-16-4-6-19(13-22(16)26)29-18-3-1-2-17(25)12-18;5-3(6)1-2-4(7)8/h1-7,12-13,27-28H,8-11,14H2;1-2H2,(H,5,6)(H,7,8). The van der Waals surface area contributed by atoms with E-state index in [0.29, 0.717) is 28.6 Å². The minimum absolute atomic E-state index is 0.296. The van der Waals surface area contributed by atoms with Gasteiger partial charge in [-0.25, -0.2) is 8.78 Å². The summed E-state index contributed by atoms with van der Waals surface area (Å²) in [7, 11) is 0. The number of hydrogen-bond donors (Lipinski definition) is 4. The number of aliphatic carboxylic acids is 2. The normalized spacial score (nSPS) is 12.4. The topological polar surface area (TPSA) is 108 Å². The van der Waals surface area contributed by atoms with Gasteiger partial charge in [0.2, 0.25) is 0 Å². The molecule has 0 saturated carbocycles. The first-order chi connectivity index (χ1) is 17.7. The molecule has 0 aliphatic carbocycles. The highest BCUT2D eigenvalue weighted by molar-refractivity contribution is 6.33. The molecule has 10 heteroatoms. The van der Waals surface area contributed by atoms with Gasteiger partial charge in [0.15, 0.2) is 0 Å². The van der Waals surface area contributed by atoms with Crippen LogP contribution in [-0.2, 0) is 29.0 Å². The van der Waals surface area contributed by atoms with E-state index in [9.17, 15) is 18.4 Å². The van der Waals surface area contributed by atoms with Gasteiger partial charge in [-0.15, -0.1) is 0 Å². The Morgan fingerprint density at radius 3 is 2.32 bits per heavy atom. The lowest BCUT2D eigenvalue weighted by Gasteiger charge is -2.17. The third kappa shape index (κ3) is 8.73. The van der Waals surface area contributed by atoms with Crippen LogP contribution >= 0.6 is 11.6 Å². The van der Waals surface area contributed by atoms with Gasteiger partial charge >= 0.3 is 11.9 Å². The van der Waals surface area contributed by atoms with E-state index in [0.717, 1.165) is 31.6 Å². The molecule has 1 aliphatic rings. The number of nitrogens with one attached hydrogen (secondary N) is 2. The molecule has 0 saturated heterocycles. The largest absolute Gasteiger partial charge is 0.481 e. The van der Waals surface area contributed by atoms with Crippen LogP contribution < -0.4 is 15.4 Å². The summed E-state index contributed by atoms with van der Waals surface area (Å²) < 4.78 is 33.4. The van der Waals surface area contributed by atoms with Crippen LogP contribution in [0.2, 0.25) is 5.02 Å². The molecule has 3 aromatic rings. The summed E-state index contributed by atoms with van der Waals surface area (Å²) in [4.78, 5) is 19.3. The highest BCUT2D eigenvalue weighted by Crippen LogP contribution is 2.32. The molecule has 37 heavy (non-hydrogen) atoms. The van der Waals surface area contributed by atoms with Crippen molar-refractivity contribution in [3.8, 4) is 11.5 Å². The molecule has 4 N–H and O–H groups in total. The van der Waals surface area contributed by atoms with Crippen LogP contribution in [0, 0.1) is 11.6 Å². The molecular weight excluding hydrogens is 506 g/mol. The fourth-order valence-electron chi connectivity index (χ4n) is 3.73. The van der Waals surface area contributed by atoms with E-state index in [2.05, 4.69) is 16.7 Å². The summed E-state index contributed by atoms with van der Waals surface area (Å²) in [5, 5.41) is 23.1. The summed E-state index contributed by atoms with van der Waals surface area (Å²) in [5.41, 5.74) is 3.82. The maximum absolute atomic E-state index is 14.6. The lowest BCUT2D eigenvalue weighted by molar-refractivity contribution is -0.143. The van der Waals surface area contributed by atoms with Gasteiger partial charge in [0.05, 0.1) is 23.6 Å². The van der Waals surface area contributed by atoms with E-state index in [1.54, 1.807) is 24.3 Å².